The van der Waals surface area contributed by atoms with E-state index in [4.69, 9.17) is 21.2 Å². The van der Waals surface area contributed by atoms with Gasteiger partial charge in [-0.25, -0.2) is 35.1 Å². The number of benzene rings is 8. The van der Waals surface area contributed by atoms with Crippen molar-refractivity contribution in [1.82, 2.24) is 0 Å². The highest BCUT2D eigenvalue weighted by Crippen LogP contribution is 2.29. The number of nitrogens with two attached hydrogens (primary N) is 1. The molecule has 0 spiro atoms. The highest BCUT2D eigenvalue weighted by molar-refractivity contribution is 6.02. The van der Waals surface area contributed by atoms with E-state index in [-0.39, 0.29) is 101 Å². The van der Waals surface area contributed by atoms with Crippen LogP contribution in [0.1, 0.15) is 201 Å². The van der Waals surface area contributed by atoms with Crippen molar-refractivity contribution >= 4 is 70.0 Å². The van der Waals surface area contributed by atoms with Gasteiger partial charge in [-0.3, -0.25) is 38.4 Å². The van der Waals surface area contributed by atoms with Crippen molar-refractivity contribution in [3.8, 4) is 0 Å². The van der Waals surface area contributed by atoms with E-state index in [9.17, 15) is 73.5 Å². The van der Waals surface area contributed by atoms with Crippen LogP contribution in [0, 0.1) is 102 Å². The Labute approximate surface area is 654 Å². The second-order valence-electron chi connectivity index (χ2n) is 27.3. The summed E-state index contributed by atoms with van der Waals surface area (Å²) in [6.07, 6.45) is 11.5. The summed E-state index contributed by atoms with van der Waals surface area (Å²) in [6, 6.07) is 31.4. The first kappa shape index (κ1) is 94.0. The number of carbonyl (C=O) groups is 8. The van der Waals surface area contributed by atoms with Gasteiger partial charge < -0.3 is 41.3 Å². The molecule has 0 fully saturated rings. The fourth-order valence-corrected chi connectivity index (χ4v) is 11.7. The molecule has 2 amide bonds. The molecule has 0 radical (unpaired) electrons. The number of Topliss-reactive ketones (excluding diaryl/α,β-unsaturated/α-hetero) is 2. The van der Waals surface area contributed by atoms with Gasteiger partial charge in [0.15, 0.2) is 11.6 Å². The molecule has 8 aromatic rings. The van der Waals surface area contributed by atoms with E-state index in [1.165, 1.54) is 81.8 Å². The summed E-state index contributed by atoms with van der Waals surface area (Å²) < 4.78 is 113. The molecule has 606 valence electrons. The van der Waals surface area contributed by atoms with Crippen molar-refractivity contribution in [2.75, 3.05) is 30.6 Å². The lowest BCUT2D eigenvalue weighted by Gasteiger charge is -2.17. The Bertz CT molecular complexity index is 4660. The van der Waals surface area contributed by atoms with Crippen LogP contribution in [-0.2, 0) is 76.8 Å². The summed E-state index contributed by atoms with van der Waals surface area (Å²) in [4.78, 5) is 87.5. The topological polar surface area (TPSA) is 278 Å². The van der Waals surface area contributed by atoms with E-state index in [1.54, 1.807) is 97.9 Å². The third-order valence-electron chi connectivity index (χ3n) is 18.1. The van der Waals surface area contributed by atoms with E-state index in [1.807, 2.05) is 18.2 Å². The minimum atomic E-state index is -1.01. The molecule has 1 aliphatic heterocycles. The number of ketones is 2. The second-order valence-corrected chi connectivity index (χ2v) is 27.3. The molecule has 7 N–H and O–H groups in total. The van der Waals surface area contributed by atoms with E-state index in [0.717, 1.165) is 83.9 Å². The number of carbonyl (C=O) groups excluding carboxylic acids is 6. The smallest absolute Gasteiger partial charge is 0.305 e. The van der Waals surface area contributed by atoms with Crippen LogP contribution < -0.4 is 16.4 Å². The Hall–Kier alpha value is -11.4. The number of amides is 2. The molecule has 0 saturated carbocycles. The maximum Gasteiger partial charge on any atom is 0.305 e. The van der Waals surface area contributed by atoms with Crippen LogP contribution >= 0.6 is 0 Å². The molecule has 1 heterocycles. The van der Waals surface area contributed by atoms with Gasteiger partial charge in [-0.2, -0.15) is 0 Å². The molecule has 17 nitrogen and oxygen atoms in total. The number of carboxylic acids is 2. The number of fused-ring (bicyclic) bond motifs is 3. The van der Waals surface area contributed by atoms with Crippen molar-refractivity contribution in [1.29, 1.82) is 0 Å². The Balaban J connectivity index is 0.000000274. The first-order valence-corrected chi connectivity index (χ1v) is 36.8. The number of nitrogens with one attached hydrogen (secondary N) is 2. The number of nitrogen functional groups attached to an aromatic ring is 1. The summed E-state index contributed by atoms with van der Waals surface area (Å²) >= 11 is 0. The number of hydrogen-bond donors (Lipinski definition) is 6. The van der Waals surface area contributed by atoms with Crippen LogP contribution in [0.3, 0.4) is 0 Å². The van der Waals surface area contributed by atoms with Gasteiger partial charge in [-0.1, -0.05) is 65.8 Å². The Morgan fingerprint density at radius 3 is 1.46 bits per heavy atom. The molecule has 113 heavy (non-hydrogen) atoms. The number of ether oxygens (including phenoxy) is 2. The fraction of sp³-hybridized carbons (Fsp3) is 0.352. The summed E-state index contributed by atoms with van der Waals surface area (Å²) in [5, 5.41) is 34.1. The first-order valence-electron chi connectivity index (χ1n) is 36.8. The Kier molecular flexibility index (Phi) is 39.7. The van der Waals surface area contributed by atoms with Crippen molar-refractivity contribution < 1.29 is 98.4 Å². The summed E-state index contributed by atoms with van der Waals surface area (Å²) in [6.45, 7) is 15.0. The lowest BCUT2D eigenvalue weighted by atomic mass is 9.89. The number of aryl methyl sites for hydroxylation is 14. The summed E-state index contributed by atoms with van der Waals surface area (Å²) in [5.74, 6) is -4.92. The second kappa shape index (κ2) is 47.8. The fourth-order valence-electron chi connectivity index (χ4n) is 11.7. The number of carboxylic acid groups (broad SMARTS) is 2. The molecule has 0 unspecified atom stereocenters. The zero-order valence-corrected chi connectivity index (χ0v) is 65.7. The molecule has 2 aliphatic carbocycles. The predicted octanol–water partition coefficient (Wildman–Crippen LogP) is 19.4. The normalized spacial score (nSPS) is 12.4. The van der Waals surface area contributed by atoms with Crippen LogP contribution in [0.2, 0.25) is 0 Å². The van der Waals surface area contributed by atoms with Gasteiger partial charge in [0.2, 0.25) is 11.8 Å². The van der Waals surface area contributed by atoms with Crippen LogP contribution in [0.4, 0.5) is 52.2 Å². The summed E-state index contributed by atoms with van der Waals surface area (Å²) in [5.41, 5.74) is 20.1. The molecule has 0 bridgehead atoms. The number of halogens is 8. The highest BCUT2D eigenvalue weighted by Gasteiger charge is 2.21. The molecular weight excluding hydrogens is 1470 g/mol. The van der Waals surface area contributed by atoms with E-state index >= 15 is 0 Å². The zero-order chi connectivity index (χ0) is 84.2. The molecule has 0 saturated heterocycles. The third-order valence-corrected chi connectivity index (χ3v) is 18.1. The van der Waals surface area contributed by atoms with Gasteiger partial charge in [0.1, 0.15) is 46.5 Å². The lowest BCUT2D eigenvalue weighted by molar-refractivity contribution is -0.141. The molecule has 0 atom stereocenters. The monoisotopic (exact) mass is 1570 g/mol. The Morgan fingerprint density at radius 2 is 0.920 bits per heavy atom. The zero-order valence-electron chi connectivity index (χ0n) is 65.7. The SMILES string of the molecule is COC(=O)CCCc1cc(C)c(F)cc1N.COC(=O)CCCc1cc(C)c(F)cc1NC(C)=O.Cc1cc(C(=O)CCC(=O)O)ccc1F.Cc1cc(CCCC(=O)O)ccc1F.Cc1cc2c(cc1F)/C(=N/O)CCC2.Cc1cc2c(cc1F)C(=O)CCC2.Cc1cc2c(cc1F)NC(=O)CCC2.Cc1ccccc1F. The maximum atomic E-state index is 13.5. The highest BCUT2D eigenvalue weighted by atomic mass is 19.2. The van der Waals surface area contributed by atoms with Gasteiger partial charge in [-0.15, -0.1) is 0 Å². The standard InChI is InChI=1S/C14H18FNO3.C12H16FNO2.2C11H12FNO.C11H11FO3.C11H13FO2.C11H11FO.C7H7F/c1-9-7-11(5-4-6-14(18)19-3)13(8-12(9)15)16-10(2)17;1-8-6-9(11(14)7-10(8)13)4-3-5-12(15)16-2;1-7-5-8-3-2-4-11(13-14)9(8)6-10(7)12;1-7-5-8-3-2-4-11(14)13-10(8)6-9(7)12;1-7-6-8(2-3-9(7)12)10(13)4-5-11(14)15;1-8-7-9(5-6-10(8)12)3-2-4-11(13)14;1-7-5-8-3-2-4-11(13)9(8)6-10(7)12;1-6-4-2-3-5-7(6)8/h7-8H,4-6H2,1-3H3,(H,16,17);6-7H,3-5,14H2,1-2H3;5-6,14H,2-4H2,1H3;5-6H,2-4H2,1H3,(H,13,14);2-3,6H,4-5H2,1H3,(H,14,15);5-7H,2-4H2,1H3,(H,13,14);5-6H,2-4H2,1H3;2-5H,1H3/b;;13-11+;;;;;. The van der Waals surface area contributed by atoms with Crippen molar-refractivity contribution in [3.05, 3.63) is 262 Å². The van der Waals surface area contributed by atoms with Gasteiger partial charge >= 0.3 is 23.9 Å². The number of oxime groups is 1. The Morgan fingerprint density at radius 1 is 0.460 bits per heavy atom. The van der Waals surface area contributed by atoms with Gasteiger partial charge in [0.05, 0.1) is 26.4 Å². The van der Waals surface area contributed by atoms with E-state index < -0.39 is 11.9 Å². The van der Waals surface area contributed by atoms with Crippen LogP contribution in [0.15, 0.2) is 126 Å². The molecule has 8 aromatic carbocycles. The van der Waals surface area contributed by atoms with Crippen molar-refractivity contribution in [2.45, 2.75) is 191 Å². The largest absolute Gasteiger partial charge is 0.481 e. The van der Waals surface area contributed by atoms with Crippen molar-refractivity contribution in [3.63, 3.8) is 0 Å². The number of anilines is 3. The molecule has 3 aliphatic rings. The third kappa shape index (κ3) is 32.8. The quantitative estimate of drug-likeness (QED) is 0.0124. The number of rotatable bonds is 17. The molecule has 25 heteroatoms. The minimum absolute atomic E-state index is 0.0213. The molecule has 0 aromatic heterocycles. The number of aliphatic carboxylic acids is 2. The van der Waals surface area contributed by atoms with Gasteiger partial charge in [0.25, 0.3) is 0 Å². The predicted molar refractivity (Wildman–Crippen MR) is 420 cm³/mol. The first-order chi connectivity index (χ1) is 53.4. The number of methoxy groups -OCH3 is 2. The number of nitrogens with zero attached hydrogens (tertiary/aromatic N) is 1. The minimum Gasteiger partial charge on any atom is -0.481 e. The number of esters is 2. The average molecular weight is 1570 g/mol. The maximum absolute atomic E-state index is 13.5. The van der Waals surface area contributed by atoms with Crippen LogP contribution in [0.25, 0.3) is 0 Å². The van der Waals surface area contributed by atoms with E-state index in [0.29, 0.717) is 143 Å². The average Bonchev–Trinajstić information content (AvgIpc) is 1.08. The van der Waals surface area contributed by atoms with E-state index in [2.05, 4.69) is 25.3 Å². The van der Waals surface area contributed by atoms with Crippen molar-refractivity contribution in [2.24, 2.45) is 5.16 Å². The van der Waals surface area contributed by atoms with Crippen LogP contribution in [0.5, 0.6) is 0 Å². The van der Waals surface area contributed by atoms with Crippen LogP contribution in [-0.4, -0.2) is 82.6 Å². The molecule has 11 rings (SSSR count). The van der Waals surface area contributed by atoms with Gasteiger partial charge in [-0.05, 0) is 277 Å². The number of hydrogen-bond acceptors (Lipinski definition) is 13. The van der Waals surface area contributed by atoms with Gasteiger partial charge in [0, 0.05) is 79.2 Å². The summed E-state index contributed by atoms with van der Waals surface area (Å²) in [7, 11) is 2.70. The molecular formula is C88H100F8N4O13. The lowest BCUT2D eigenvalue weighted by Crippen LogP contribution is -2.12.